The lowest BCUT2D eigenvalue weighted by molar-refractivity contribution is -0.152. The van der Waals surface area contributed by atoms with Crippen LogP contribution in [0, 0.1) is 11.8 Å². The van der Waals surface area contributed by atoms with Gasteiger partial charge in [0.2, 0.25) is 0 Å². The first-order valence-corrected chi connectivity index (χ1v) is 12.7. The molecule has 0 aliphatic carbocycles. The largest absolute Gasteiger partial charge is 0.514 e. The van der Waals surface area contributed by atoms with E-state index < -0.39 is 60.4 Å². The van der Waals surface area contributed by atoms with Crippen LogP contribution in [0.1, 0.15) is 79.7 Å². The average Bonchev–Trinajstić information content (AvgIpc) is 2.79. The van der Waals surface area contributed by atoms with Crippen LogP contribution < -0.4 is 15.2 Å². The standard InChI is InChI=1S/C27H41NO10/c1-9-16(6)12-22(29)36-18(8)17(7)23(24(28)25(30)31)19-10-11-20(37-26(32)34-14(2)3)21(13-19)38-27(33)35-15(4)5/h10-11,13-18,23-24H,9,12,28H2,1-8H3,(H,30,31)/t16?,17?,18?,23?,24-/m0/s1. The minimum atomic E-state index is -1.39. The summed E-state index contributed by atoms with van der Waals surface area (Å²) in [6.07, 6.45) is -2.66. The van der Waals surface area contributed by atoms with E-state index in [1.807, 2.05) is 13.8 Å². The molecule has 1 rings (SSSR count). The number of carbonyl (C=O) groups is 4. The van der Waals surface area contributed by atoms with Gasteiger partial charge in [-0.2, -0.15) is 0 Å². The van der Waals surface area contributed by atoms with Gasteiger partial charge in [0.1, 0.15) is 12.1 Å². The Kier molecular flexibility index (Phi) is 13.0. The van der Waals surface area contributed by atoms with Gasteiger partial charge >= 0.3 is 24.2 Å². The van der Waals surface area contributed by atoms with Gasteiger partial charge in [-0.1, -0.05) is 33.3 Å². The van der Waals surface area contributed by atoms with Crippen molar-refractivity contribution in [2.45, 2.75) is 98.5 Å². The van der Waals surface area contributed by atoms with Crippen LogP contribution in [0.2, 0.25) is 0 Å². The van der Waals surface area contributed by atoms with Crippen molar-refractivity contribution >= 4 is 24.2 Å². The van der Waals surface area contributed by atoms with Gasteiger partial charge in [0, 0.05) is 18.3 Å². The van der Waals surface area contributed by atoms with E-state index in [-0.39, 0.29) is 23.8 Å². The van der Waals surface area contributed by atoms with E-state index in [1.54, 1.807) is 41.5 Å². The summed E-state index contributed by atoms with van der Waals surface area (Å²) in [5, 5.41) is 9.72. The summed E-state index contributed by atoms with van der Waals surface area (Å²) in [4.78, 5) is 48.6. The lowest BCUT2D eigenvalue weighted by Crippen LogP contribution is -2.42. The highest BCUT2D eigenvalue weighted by molar-refractivity contribution is 5.75. The Hall–Kier alpha value is -3.34. The second-order valence-corrected chi connectivity index (χ2v) is 9.90. The van der Waals surface area contributed by atoms with E-state index in [0.29, 0.717) is 5.56 Å². The quantitative estimate of drug-likeness (QED) is 0.196. The average molecular weight is 540 g/mol. The summed E-state index contributed by atoms with van der Waals surface area (Å²) < 4.78 is 26.1. The third-order valence-electron chi connectivity index (χ3n) is 5.91. The molecule has 0 fully saturated rings. The first kappa shape index (κ1) is 32.7. The molecule has 38 heavy (non-hydrogen) atoms. The van der Waals surface area contributed by atoms with Crippen molar-refractivity contribution in [3.05, 3.63) is 23.8 Å². The SMILES string of the molecule is CCC(C)CC(=O)OC(C)C(C)C(c1ccc(OC(=O)OC(C)C)c(OC(=O)OC(C)C)c1)[C@H](N)C(=O)O. The Bertz CT molecular complexity index is 961. The Morgan fingerprint density at radius 1 is 0.842 bits per heavy atom. The van der Waals surface area contributed by atoms with Crippen molar-refractivity contribution in [3.63, 3.8) is 0 Å². The first-order valence-electron chi connectivity index (χ1n) is 12.7. The number of carboxylic acids is 1. The second kappa shape index (κ2) is 15.2. The molecule has 0 saturated carbocycles. The molecular weight excluding hydrogens is 498 g/mol. The van der Waals surface area contributed by atoms with Gasteiger partial charge in [-0.05, 0) is 58.2 Å². The van der Waals surface area contributed by atoms with Gasteiger partial charge in [-0.3, -0.25) is 9.59 Å². The van der Waals surface area contributed by atoms with E-state index in [0.717, 1.165) is 6.42 Å². The summed E-state index contributed by atoms with van der Waals surface area (Å²) in [6.45, 7) is 13.8. The number of hydrogen-bond acceptors (Lipinski definition) is 10. The van der Waals surface area contributed by atoms with Crippen LogP contribution in [0.3, 0.4) is 0 Å². The summed E-state index contributed by atoms with van der Waals surface area (Å²) in [5.41, 5.74) is 6.43. The molecule has 1 aromatic carbocycles. The molecule has 0 spiro atoms. The van der Waals surface area contributed by atoms with Crippen LogP contribution in [-0.2, 0) is 23.8 Å². The normalized spacial score (nSPS) is 15.1. The van der Waals surface area contributed by atoms with Crippen molar-refractivity contribution < 1.29 is 48.0 Å². The summed E-state index contributed by atoms with van der Waals surface area (Å²) >= 11 is 0. The van der Waals surface area contributed by atoms with Crippen LogP contribution in [0.25, 0.3) is 0 Å². The van der Waals surface area contributed by atoms with Gasteiger partial charge in [-0.15, -0.1) is 0 Å². The molecule has 3 N–H and O–H groups in total. The Morgan fingerprint density at radius 2 is 1.37 bits per heavy atom. The number of rotatable bonds is 13. The fourth-order valence-corrected chi connectivity index (χ4v) is 3.58. The maximum absolute atomic E-state index is 12.4. The van der Waals surface area contributed by atoms with E-state index in [1.165, 1.54) is 18.2 Å². The van der Waals surface area contributed by atoms with Gasteiger partial charge in [0.15, 0.2) is 11.5 Å². The Morgan fingerprint density at radius 3 is 1.84 bits per heavy atom. The van der Waals surface area contributed by atoms with Gasteiger partial charge in [0.05, 0.1) is 12.2 Å². The van der Waals surface area contributed by atoms with Gasteiger partial charge in [-0.25, -0.2) is 9.59 Å². The van der Waals surface area contributed by atoms with E-state index in [2.05, 4.69) is 0 Å². The smallest absolute Gasteiger partial charge is 0.480 e. The van der Waals surface area contributed by atoms with E-state index in [4.69, 9.17) is 29.4 Å². The molecule has 1 aromatic rings. The molecule has 0 aromatic heterocycles. The molecule has 0 bridgehead atoms. The zero-order valence-corrected chi connectivity index (χ0v) is 23.4. The number of benzene rings is 1. The molecule has 11 heteroatoms. The molecule has 5 atom stereocenters. The molecule has 11 nitrogen and oxygen atoms in total. The zero-order valence-electron chi connectivity index (χ0n) is 23.4. The fourth-order valence-electron chi connectivity index (χ4n) is 3.58. The first-order chi connectivity index (χ1) is 17.7. The van der Waals surface area contributed by atoms with Crippen LogP contribution in [0.4, 0.5) is 9.59 Å². The zero-order chi connectivity index (χ0) is 29.2. The lowest BCUT2D eigenvalue weighted by Gasteiger charge is -2.32. The number of esters is 1. The van der Waals surface area contributed by atoms with Crippen LogP contribution in [0.5, 0.6) is 11.5 Å². The number of carbonyl (C=O) groups excluding carboxylic acids is 3. The number of hydrogen-bond donors (Lipinski definition) is 2. The highest BCUT2D eigenvalue weighted by Gasteiger charge is 2.36. The highest BCUT2D eigenvalue weighted by Crippen LogP contribution is 2.37. The van der Waals surface area contributed by atoms with Crippen molar-refractivity contribution in [1.29, 1.82) is 0 Å². The van der Waals surface area contributed by atoms with E-state index in [9.17, 15) is 24.3 Å². The maximum Gasteiger partial charge on any atom is 0.514 e. The van der Waals surface area contributed by atoms with Crippen LogP contribution >= 0.6 is 0 Å². The lowest BCUT2D eigenvalue weighted by atomic mass is 9.79. The summed E-state index contributed by atoms with van der Waals surface area (Å²) in [7, 11) is 0. The molecule has 0 heterocycles. The van der Waals surface area contributed by atoms with Crippen molar-refractivity contribution in [1.82, 2.24) is 0 Å². The highest BCUT2D eigenvalue weighted by atomic mass is 16.7. The third-order valence-corrected chi connectivity index (χ3v) is 5.91. The second-order valence-electron chi connectivity index (χ2n) is 9.90. The minimum absolute atomic E-state index is 0.141. The third kappa shape index (κ3) is 10.6. The summed E-state index contributed by atoms with van der Waals surface area (Å²) in [5.74, 6) is -3.32. The molecule has 0 radical (unpaired) electrons. The number of carboxylic acid groups (broad SMARTS) is 1. The maximum atomic E-state index is 12.4. The molecule has 0 aliphatic heterocycles. The minimum Gasteiger partial charge on any atom is -0.480 e. The topological polar surface area (TPSA) is 161 Å². The van der Waals surface area contributed by atoms with Crippen molar-refractivity contribution in [2.24, 2.45) is 17.6 Å². The van der Waals surface area contributed by atoms with Crippen LogP contribution in [0.15, 0.2) is 18.2 Å². The van der Waals surface area contributed by atoms with E-state index >= 15 is 0 Å². The molecule has 4 unspecified atom stereocenters. The van der Waals surface area contributed by atoms with Gasteiger partial charge in [0.25, 0.3) is 0 Å². The molecule has 0 amide bonds. The van der Waals surface area contributed by atoms with Crippen molar-refractivity contribution in [3.8, 4) is 11.5 Å². The molecule has 214 valence electrons. The number of ether oxygens (including phenoxy) is 5. The summed E-state index contributed by atoms with van der Waals surface area (Å²) in [6, 6.07) is 2.78. The van der Waals surface area contributed by atoms with Gasteiger partial charge < -0.3 is 34.5 Å². The monoisotopic (exact) mass is 539 g/mol. The predicted molar refractivity (Wildman–Crippen MR) is 138 cm³/mol. The fraction of sp³-hybridized carbons (Fsp3) is 0.630. The Labute approximate surface area is 223 Å². The molecule has 0 saturated heterocycles. The molecular formula is C27H41NO10. The number of aliphatic carboxylic acids is 1. The Balaban J connectivity index is 3.41. The molecule has 0 aliphatic rings. The van der Waals surface area contributed by atoms with Crippen molar-refractivity contribution in [2.75, 3.05) is 0 Å². The number of nitrogens with two attached hydrogens (primary N) is 1. The van der Waals surface area contributed by atoms with Crippen LogP contribution in [-0.4, -0.2) is 53.7 Å². The predicted octanol–water partition coefficient (Wildman–Crippen LogP) is 5.03.